The molecule has 8 heteroatoms. The van der Waals surface area contributed by atoms with E-state index < -0.39 is 34.9 Å². The third-order valence-corrected chi connectivity index (χ3v) is 1.82. The van der Waals surface area contributed by atoms with Crippen molar-refractivity contribution in [2.45, 2.75) is 6.18 Å². The molecule has 0 radical (unpaired) electrons. The van der Waals surface area contributed by atoms with Crippen LogP contribution in [-0.2, 0) is 6.18 Å². The average Bonchev–Trinajstić information content (AvgIpc) is 2.15. The second-order valence-electron chi connectivity index (χ2n) is 3.10. The zero-order valence-electron chi connectivity index (χ0n) is 8.30. The standard InChI is InChI=1S/C9H8F3N3O2/c10-9(11,12)4-1-2-6(16)5(3-4)7(17)15-8(13)14/h1-3,16H,(H4,13,14,15,17). The first-order chi connectivity index (χ1) is 7.71. The van der Waals surface area contributed by atoms with Crippen LogP contribution >= 0.6 is 0 Å². The Morgan fingerprint density at radius 3 is 2.47 bits per heavy atom. The van der Waals surface area contributed by atoms with Crippen LogP contribution in [0.5, 0.6) is 5.75 Å². The molecule has 0 atom stereocenters. The molecular weight excluding hydrogens is 239 g/mol. The number of alkyl halides is 3. The molecule has 0 saturated carbocycles. The van der Waals surface area contributed by atoms with Gasteiger partial charge in [0, 0.05) is 0 Å². The van der Waals surface area contributed by atoms with Gasteiger partial charge >= 0.3 is 6.18 Å². The first kappa shape index (κ1) is 12.8. The summed E-state index contributed by atoms with van der Waals surface area (Å²) >= 11 is 0. The fourth-order valence-electron chi connectivity index (χ4n) is 1.08. The third-order valence-electron chi connectivity index (χ3n) is 1.82. The van der Waals surface area contributed by atoms with Crippen LogP contribution in [-0.4, -0.2) is 17.0 Å². The smallest absolute Gasteiger partial charge is 0.416 e. The van der Waals surface area contributed by atoms with E-state index in [0.29, 0.717) is 12.1 Å². The first-order valence-electron chi connectivity index (χ1n) is 4.27. The van der Waals surface area contributed by atoms with Crippen LogP contribution in [0.1, 0.15) is 15.9 Å². The molecule has 0 saturated heterocycles. The number of benzene rings is 1. The maximum Gasteiger partial charge on any atom is 0.416 e. The van der Waals surface area contributed by atoms with E-state index in [9.17, 15) is 23.1 Å². The highest BCUT2D eigenvalue weighted by Crippen LogP contribution is 2.32. The molecule has 5 N–H and O–H groups in total. The predicted octanol–water partition coefficient (Wildman–Crippen LogP) is 1.03. The van der Waals surface area contributed by atoms with Gasteiger partial charge in [0.05, 0.1) is 11.1 Å². The lowest BCUT2D eigenvalue weighted by Crippen LogP contribution is -2.35. The van der Waals surface area contributed by atoms with Crippen LogP contribution in [0.3, 0.4) is 0 Å². The fraction of sp³-hybridized carbons (Fsp3) is 0.111. The molecule has 0 aliphatic rings. The van der Waals surface area contributed by atoms with E-state index in [1.165, 1.54) is 0 Å². The van der Waals surface area contributed by atoms with E-state index in [1.807, 2.05) is 0 Å². The Kier molecular flexibility index (Phi) is 3.26. The van der Waals surface area contributed by atoms with Crippen molar-refractivity contribution in [3.8, 4) is 5.75 Å². The number of carbonyl (C=O) groups excluding carboxylic acids is 1. The van der Waals surface area contributed by atoms with Gasteiger partial charge in [-0.1, -0.05) is 0 Å². The van der Waals surface area contributed by atoms with Crippen molar-refractivity contribution < 1.29 is 23.1 Å². The Balaban J connectivity index is 3.15. The lowest BCUT2D eigenvalue weighted by Gasteiger charge is -2.10. The van der Waals surface area contributed by atoms with E-state index in [4.69, 9.17) is 11.1 Å². The number of guanidine groups is 1. The van der Waals surface area contributed by atoms with Crippen molar-refractivity contribution in [3.63, 3.8) is 0 Å². The summed E-state index contributed by atoms with van der Waals surface area (Å²) in [6.07, 6.45) is -4.63. The summed E-state index contributed by atoms with van der Waals surface area (Å²) in [6.45, 7) is 0. The molecule has 0 bridgehead atoms. The molecular formula is C9H8F3N3O2. The highest BCUT2D eigenvalue weighted by Gasteiger charge is 2.31. The van der Waals surface area contributed by atoms with E-state index in [1.54, 1.807) is 5.32 Å². The lowest BCUT2D eigenvalue weighted by atomic mass is 10.1. The van der Waals surface area contributed by atoms with Gasteiger partial charge in [-0.05, 0) is 18.2 Å². The highest BCUT2D eigenvalue weighted by molar-refractivity contribution is 6.06. The van der Waals surface area contributed by atoms with Gasteiger partial charge in [0.15, 0.2) is 5.96 Å². The van der Waals surface area contributed by atoms with E-state index in [0.717, 1.165) is 6.07 Å². The number of rotatable bonds is 1. The van der Waals surface area contributed by atoms with Crippen molar-refractivity contribution in [1.29, 1.82) is 5.41 Å². The molecule has 0 spiro atoms. The predicted molar refractivity (Wildman–Crippen MR) is 52.5 cm³/mol. The van der Waals surface area contributed by atoms with Crippen molar-refractivity contribution >= 4 is 11.9 Å². The Bertz CT molecular complexity index is 471. The topological polar surface area (TPSA) is 99.2 Å². The second-order valence-corrected chi connectivity index (χ2v) is 3.10. The monoisotopic (exact) mass is 247 g/mol. The molecule has 92 valence electrons. The van der Waals surface area contributed by atoms with Crippen LogP contribution < -0.4 is 11.1 Å². The summed E-state index contributed by atoms with van der Waals surface area (Å²) in [5.74, 6) is -2.44. The largest absolute Gasteiger partial charge is 0.507 e. The molecule has 0 heterocycles. The summed E-state index contributed by atoms with van der Waals surface area (Å²) in [5.41, 5.74) is 3.17. The van der Waals surface area contributed by atoms with Gasteiger partial charge in [-0.15, -0.1) is 0 Å². The number of hydrogen-bond donors (Lipinski definition) is 4. The Labute approximate surface area is 93.6 Å². The van der Waals surface area contributed by atoms with E-state index in [2.05, 4.69) is 0 Å². The number of phenols is 1. The summed E-state index contributed by atoms with van der Waals surface area (Å²) in [7, 11) is 0. The molecule has 0 aliphatic carbocycles. The molecule has 1 rings (SSSR count). The normalized spacial score (nSPS) is 11.0. The average molecular weight is 247 g/mol. The Morgan fingerprint density at radius 1 is 1.41 bits per heavy atom. The lowest BCUT2D eigenvalue weighted by molar-refractivity contribution is -0.137. The summed E-state index contributed by atoms with van der Waals surface area (Å²) in [4.78, 5) is 11.3. The Morgan fingerprint density at radius 2 is 2.00 bits per heavy atom. The van der Waals surface area contributed by atoms with Crippen molar-refractivity contribution in [3.05, 3.63) is 29.3 Å². The number of halogens is 3. The molecule has 0 aliphatic heterocycles. The van der Waals surface area contributed by atoms with Crippen LogP contribution in [0.4, 0.5) is 13.2 Å². The minimum atomic E-state index is -4.63. The summed E-state index contributed by atoms with van der Waals surface area (Å²) < 4.78 is 37.0. The van der Waals surface area contributed by atoms with Crippen molar-refractivity contribution in [1.82, 2.24) is 5.32 Å². The van der Waals surface area contributed by atoms with Gasteiger partial charge in [-0.25, -0.2) is 0 Å². The summed E-state index contributed by atoms with van der Waals surface area (Å²) in [5, 5.41) is 17.8. The van der Waals surface area contributed by atoms with Gasteiger partial charge in [0.25, 0.3) is 5.91 Å². The molecule has 1 amide bonds. The summed E-state index contributed by atoms with van der Waals surface area (Å²) in [6, 6.07) is 1.87. The van der Waals surface area contributed by atoms with Crippen LogP contribution in [0.15, 0.2) is 18.2 Å². The first-order valence-corrected chi connectivity index (χ1v) is 4.27. The molecule has 1 aromatic rings. The fourth-order valence-corrected chi connectivity index (χ4v) is 1.08. The number of aromatic hydroxyl groups is 1. The van der Waals surface area contributed by atoms with E-state index in [-0.39, 0.29) is 0 Å². The molecule has 5 nitrogen and oxygen atoms in total. The number of nitrogens with one attached hydrogen (secondary N) is 2. The van der Waals surface area contributed by atoms with Crippen molar-refractivity contribution in [2.75, 3.05) is 0 Å². The van der Waals surface area contributed by atoms with Crippen LogP contribution in [0, 0.1) is 5.41 Å². The van der Waals surface area contributed by atoms with Crippen LogP contribution in [0.25, 0.3) is 0 Å². The van der Waals surface area contributed by atoms with Gasteiger partial charge in [-0.2, -0.15) is 13.2 Å². The maximum absolute atomic E-state index is 12.3. The quantitative estimate of drug-likeness (QED) is 0.440. The zero-order chi connectivity index (χ0) is 13.2. The third kappa shape index (κ3) is 3.10. The minimum Gasteiger partial charge on any atom is -0.507 e. The molecule has 17 heavy (non-hydrogen) atoms. The zero-order valence-corrected chi connectivity index (χ0v) is 8.30. The maximum atomic E-state index is 12.3. The number of hydrogen-bond acceptors (Lipinski definition) is 3. The molecule has 0 fully saturated rings. The van der Waals surface area contributed by atoms with Gasteiger partial charge < -0.3 is 10.8 Å². The SMILES string of the molecule is N=C(N)NC(=O)c1cc(C(F)(F)F)ccc1O. The highest BCUT2D eigenvalue weighted by atomic mass is 19.4. The number of carbonyl (C=O) groups is 1. The van der Waals surface area contributed by atoms with E-state index >= 15 is 0 Å². The van der Waals surface area contributed by atoms with Gasteiger partial charge in [0.2, 0.25) is 0 Å². The number of amides is 1. The van der Waals surface area contributed by atoms with Crippen LogP contribution in [0.2, 0.25) is 0 Å². The van der Waals surface area contributed by atoms with Gasteiger partial charge in [0.1, 0.15) is 5.75 Å². The minimum absolute atomic E-state index is 0.480. The number of phenolic OH excluding ortho intramolecular Hbond substituents is 1. The van der Waals surface area contributed by atoms with Crippen molar-refractivity contribution in [2.24, 2.45) is 5.73 Å². The molecule has 0 unspecified atom stereocenters. The molecule has 1 aromatic carbocycles. The Hall–Kier alpha value is -2.25. The second kappa shape index (κ2) is 4.32. The van der Waals surface area contributed by atoms with Gasteiger partial charge in [-0.3, -0.25) is 15.5 Å². The molecule has 0 aromatic heterocycles. The number of nitrogens with two attached hydrogens (primary N) is 1.